The molecule has 2 fully saturated rings. The van der Waals surface area contributed by atoms with Crippen molar-refractivity contribution in [2.45, 2.75) is 73.2 Å². The quantitative estimate of drug-likeness (QED) is 0.183. The lowest BCUT2D eigenvalue weighted by Crippen LogP contribution is -2.72. The van der Waals surface area contributed by atoms with Crippen LogP contribution in [0.3, 0.4) is 0 Å². The van der Waals surface area contributed by atoms with Gasteiger partial charge in [-0.05, 0) is 19.9 Å². The normalized spacial score (nSPS) is 48.6. The van der Waals surface area contributed by atoms with E-state index in [1.54, 1.807) is 0 Å². The molecule has 0 aliphatic carbocycles. The zero-order valence-electron chi connectivity index (χ0n) is 18.0. The van der Waals surface area contributed by atoms with Crippen molar-refractivity contribution in [1.29, 1.82) is 0 Å². The van der Waals surface area contributed by atoms with Gasteiger partial charge in [0, 0.05) is 16.8 Å². The Morgan fingerprint density at radius 1 is 0.788 bits per heavy atom. The molecule has 0 aromatic heterocycles. The molecular weight excluding hydrogens is 446 g/mol. The second kappa shape index (κ2) is 8.34. The van der Waals surface area contributed by atoms with Crippen molar-refractivity contribution in [2.24, 2.45) is 0 Å². The molecule has 12 N–H and O–H groups in total. The fraction of sp³-hybridized carbons (Fsp3) is 0.700. The second-order valence-corrected chi connectivity index (χ2v) is 8.90. The van der Waals surface area contributed by atoms with Gasteiger partial charge < -0.3 is 66.3 Å². The van der Waals surface area contributed by atoms with Crippen LogP contribution in [0.15, 0.2) is 18.2 Å². The lowest BCUT2D eigenvalue weighted by atomic mass is 9.71. The molecule has 2 aliphatic heterocycles. The average Bonchev–Trinajstić information content (AvgIpc) is 2.76. The van der Waals surface area contributed by atoms with Crippen LogP contribution in [0.2, 0.25) is 0 Å². The number of aliphatic hydroxyl groups is 10. The average molecular weight is 477 g/mol. The number of hydrogen-bond donors (Lipinski definition) is 11. The number of anilines is 1. The van der Waals surface area contributed by atoms with Crippen molar-refractivity contribution >= 4 is 5.69 Å². The van der Waals surface area contributed by atoms with Gasteiger partial charge in [0.2, 0.25) is 11.6 Å². The molecule has 13 nitrogen and oxygen atoms in total. The first-order valence-electron chi connectivity index (χ1n) is 10.2. The van der Waals surface area contributed by atoms with Crippen LogP contribution in [0.4, 0.5) is 5.69 Å². The number of nitrogens with two attached hydrogens (primary N) is 1. The van der Waals surface area contributed by atoms with Crippen LogP contribution < -0.4 is 5.73 Å². The maximum absolute atomic E-state index is 11.5. The zero-order chi connectivity index (χ0) is 25.1. The molecular formula is C20H31NO12. The van der Waals surface area contributed by atoms with Gasteiger partial charge in [0.1, 0.15) is 47.8 Å². The summed E-state index contributed by atoms with van der Waals surface area (Å²) >= 11 is 0. The van der Waals surface area contributed by atoms with Crippen LogP contribution in [0.25, 0.3) is 0 Å². The Labute approximate surface area is 188 Å². The third-order valence-corrected chi connectivity index (χ3v) is 6.74. The predicted octanol–water partition coefficient (Wildman–Crippen LogP) is -4.71. The van der Waals surface area contributed by atoms with E-state index >= 15 is 0 Å². The van der Waals surface area contributed by atoms with Gasteiger partial charge in [-0.3, -0.25) is 0 Å². The summed E-state index contributed by atoms with van der Waals surface area (Å²) in [5.74, 6) is -5.97. The molecule has 0 amide bonds. The molecule has 0 spiro atoms. The number of aliphatic hydroxyl groups excluding tert-OH is 6. The molecule has 1 aromatic carbocycles. The van der Waals surface area contributed by atoms with Crippen molar-refractivity contribution in [2.75, 3.05) is 18.9 Å². The summed E-state index contributed by atoms with van der Waals surface area (Å²) in [6, 6.07) is 3.59. The summed E-state index contributed by atoms with van der Waals surface area (Å²) in [6.45, 7) is 0.0448. The van der Waals surface area contributed by atoms with Crippen molar-refractivity contribution in [1.82, 2.24) is 0 Å². The highest BCUT2D eigenvalue weighted by molar-refractivity contribution is 5.57. The summed E-state index contributed by atoms with van der Waals surface area (Å²) in [5, 5.41) is 105. The van der Waals surface area contributed by atoms with E-state index in [9.17, 15) is 51.1 Å². The van der Waals surface area contributed by atoms with Crippen LogP contribution >= 0.6 is 0 Å². The Balaban J connectivity index is 2.29. The summed E-state index contributed by atoms with van der Waals surface area (Å²) in [7, 11) is 0. The first kappa shape index (κ1) is 26.2. The molecule has 33 heavy (non-hydrogen) atoms. The van der Waals surface area contributed by atoms with E-state index in [1.165, 1.54) is 12.1 Å². The Bertz CT molecular complexity index is 881. The van der Waals surface area contributed by atoms with E-state index in [0.29, 0.717) is 0 Å². The minimum absolute atomic E-state index is 0.343. The number of rotatable bonds is 4. The standard InChI is InChI=1S/C20H31NO12/c1-17(28)15(26)13(24)10(6-22)32-19(17,30)8-4-3-5-9(21)12(8)20(31)18(2,29)16(27)14(25)11(7-23)33-20/h3-5,10-11,13-16,22-31H,6-7,21H2,1-2H3/t10-,11-,13+,14+,15+,16+,17-,18-,19-,20-/m1/s1. The lowest BCUT2D eigenvalue weighted by molar-refractivity contribution is -0.404. The van der Waals surface area contributed by atoms with Crippen molar-refractivity contribution < 1.29 is 60.5 Å². The van der Waals surface area contributed by atoms with Crippen LogP contribution in [0, 0.1) is 0 Å². The number of hydrogen-bond acceptors (Lipinski definition) is 13. The van der Waals surface area contributed by atoms with Gasteiger partial charge in [0.15, 0.2) is 0 Å². The topological polar surface area (TPSA) is 247 Å². The van der Waals surface area contributed by atoms with Gasteiger partial charge in [0.25, 0.3) is 0 Å². The van der Waals surface area contributed by atoms with Crippen LogP contribution in [-0.2, 0) is 21.0 Å². The summed E-state index contributed by atoms with van der Waals surface area (Å²) in [4.78, 5) is 0. The van der Waals surface area contributed by atoms with Crippen molar-refractivity contribution in [3.05, 3.63) is 29.3 Å². The molecule has 2 heterocycles. The number of benzene rings is 1. The summed E-state index contributed by atoms with van der Waals surface area (Å²) < 4.78 is 10.8. The van der Waals surface area contributed by atoms with Gasteiger partial charge in [-0.25, -0.2) is 0 Å². The number of ether oxygens (including phenoxy) is 2. The van der Waals surface area contributed by atoms with Crippen LogP contribution in [-0.4, -0.2) is 112 Å². The molecule has 0 saturated carbocycles. The highest BCUT2D eigenvalue weighted by atomic mass is 16.7. The molecule has 10 atom stereocenters. The van der Waals surface area contributed by atoms with Crippen LogP contribution in [0.1, 0.15) is 25.0 Å². The van der Waals surface area contributed by atoms with E-state index in [0.717, 1.165) is 19.9 Å². The van der Waals surface area contributed by atoms with E-state index < -0.39 is 83.7 Å². The largest absolute Gasteiger partial charge is 0.398 e. The molecule has 2 aliphatic rings. The fourth-order valence-electron chi connectivity index (χ4n) is 4.46. The highest BCUT2D eigenvalue weighted by Crippen LogP contribution is 2.52. The highest BCUT2D eigenvalue weighted by Gasteiger charge is 2.67. The first-order valence-corrected chi connectivity index (χ1v) is 10.2. The van der Waals surface area contributed by atoms with Crippen LogP contribution in [0.5, 0.6) is 0 Å². The maximum atomic E-state index is 11.5. The molecule has 13 heteroatoms. The van der Waals surface area contributed by atoms with Gasteiger partial charge in [-0.15, -0.1) is 0 Å². The van der Waals surface area contributed by atoms with E-state index in [-0.39, 0.29) is 5.69 Å². The van der Waals surface area contributed by atoms with Gasteiger partial charge >= 0.3 is 0 Å². The van der Waals surface area contributed by atoms with E-state index in [1.807, 2.05) is 0 Å². The molecule has 0 bridgehead atoms. The molecule has 188 valence electrons. The third kappa shape index (κ3) is 3.48. The fourth-order valence-corrected chi connectivity index (χ4v) is 4.46. The molecule has 2 saturated heterocycles. The predicted molar refractivity (Wildman–Crippen MR) is 108 cm³/mol. The first-order chi connectivity index (χ1) is 15.1. The van der Waals surface area contributed by atoms with E-state index in [4.69, 9.17) is 15.2 Å². The van der Waals surface area contributed by atoms with E-state index in [2.05, 4.69) is 0 Å². The van der Waals surface area contributed by atoms with Gasteiger partial charge in [0.05, 0.1) is 13.2 Å². The van der Waals surface area contributed by atoms with Crippen molar-refractivity contribution in [3.8, 4) is 0 Å². The summed E-state index contributed by atoms with van der Waals surface area (Å²) in [6.07, 6.45) is -11.0. The Kier molecular flexibility index (Phi) is 6.61. The molecule has 3 rings (SSSR count). The Morgan fingerprint density at radius 3 is 1.67 bits per heavy atom. The van der Waals surface area contributed by atoms with Gasteiger partial charge in [-0.1, -0.05) is 12.1 Å². The van der Waals surface area contributed by atoms with Crippen molar-refractivity contribution in [3.63, 3.8) is 0 Å². The maximum Gasteiger partial charge on any atom is 0.227 e. The molecule has 0 radical (unpaired) electrons. The third-order valence-electron chi connectivity index (χ3n) is 6.74. The minimum atomic E-state index is -3.01. The Hall–Kier alpha value is -1.46. The van der Waals surface area contributed by atoms with Gasteiger partial charge in [-0.2, -0.15) is 0 Å². The monoisotopic (exact) mass is 477 g/mol. The minimum Gasteiger partial charge on any atom is -0.398 e. The number of nitrogen functional groups attached to an aromatic ring is 1. The lowest BCUT2D eigenvalue weighted by Gasteiger charge is -2.55. The zero-order valence-corrected chi connectivity index (χ0v) is 18.0. The molecule has 0 unspecified atom stereocenters. The summed E-state index contributed by atoms with van der Waals surface area (Å²) in [5.41, 5.74) is -0.855. The SMILES string of the molecule is C[C@@]1(O)[C@@H](O)[C@@H](O)[C@@H](CO)O[C@]1(O)c1cccc(N)c1[C@@]1(O)O[C@H](CO)[C@H](O)[C@H](O)[C@@]1(C)O. The molecule has 1 aromatic rings. The second-order valence-electron chi connectivity index (χ2n) is 8.90. The smallest absolute Gasteiger partial charge is 0.227 e. The Morgan fingerprint density at radius 2 is 1.21 bits per heavy atom.